The van der Waals surface area contributed by atoms with Crippen LogP contribution in [0.4, 0.5) is 19.1 Å². The summed E-state index contributed by atoms with van der Waals surface area (Å²) in [6.07, 6.45) is 1.27. The van der Waals surface area contributed by atoms with Gasteiger partial charge in [0.15, 0.2) is 5.96 Å². The van der Waals surface area contributed by atoms with E-state index in [-0.39, 0.29) is 5.95 Å². The minimum atomic E-state index is -4.47. The van der Waals surface area contributed by atoms with Crippen LogP contribution in [0.5, 0.6) is 0 Å². The Morgan fingerprint density at radius 2 is 1.88 bits per heavy atom. The summed E-state index contributed by atoms with van der Waals surface area (Å²) in [4.78, 5) is 11.3. The van der Waals surface area contributed by atoms with Crippen molar-refractivity contribution in [3.8, 4) is 0 Å². The molecule has 0 saturated carbocycles. The first-order valence-electron chi connectivity index (χ1n) is 8.06. The van der Waals surface area contributed by atoms with Crippen LogP contribution in [0.3, 0.4) is 0 Å². The summed E-state index contributed by atoms with van der Waals surface area (Å²) >= 11 is 0. The van der Waals surface area contributed by atoms with Crippen LogP contribution in [0, 0.1) is 0 Å². The normalized spacial score (nSPS) is 12.1. The molecule has 0 aromatic carbocycles. The number of halogens is 3. The first-order chi connectivity index (χ1) is 11.5. The topological polar surface area (TPSA) is 74.2 Å². The third kappa shape index (κ3) is 7.98. The fraction of sp³-hybridized carbons (Fsp3) is 0.667. The van der Waals surface area contributed by atoms with Gasteiger partial charge in [-0.15, -0.1) is 0 Å². The van der Waals surface area contributed by atoms with Gasteiger partial charge in [0.2, 0.25) is 5.95 Å². The van der Waals surface area contributed by atoms with Crippen molar-refractivity contribution in [3.05, 3.63) is 18.0 Å². The van der Waals surface area contributed by atoms with Gasteiger partial charge in [-0.3, -0.25) is 4.99 Å². The minimum absolute atomic E-state index is 0.0471. The summed E-state index contributed by atoms with van der Waals surface area (Å²) in [5.41, 5.74) is -0.961. The number of rotatable bonds is 9. The van der Waals surface area contributed by atoms with Gasteiger partial charge in [-0.1, -0.05) is 26.2 Å². The summed E-state index contributed by atoms with van der Waals surface area (Å²) in [6.45, 7) is 3.85. The molecule has 9 heteroatoms. The number of hydrogen-bond donors (Lipinski definition) is 3. The summed E-state index contributed by atoms with van der Waals surface area (Å²) in [5.74, 6) is 0.618. The van der Waals surface area contributed by atoms with Crippen molar-refractivity contribution in [2.24, 2.45) is 4.99 Å². The fourth-order valence-electron chi connectivity index (χ4n) is 1.94. The zero-order chi connectivity index (χ0) is 17.8. The molecule has 0 bridgehead atoms. The van der Waals surface area contributed by atoms with Gasteiger partial charge in [-0.25, -0.2) is 9.97 Å². The standard InChI is InChI=1S/C15H25F3N6/c1-3-4-5-6-8-20-13(19-2)22-10-11-23-14-21-9-7-12(24-14)15(16,17)18/h7,9H,3-6,8,10-11H2,1-2H3,(H2,19,20,22)(H,21,23,24). The van der Waals surface area contributed by atoms with E-state index in [1.54, 1.807) is 7.05 Å². The SMILES string of the molecule is CCCCCCNC(=NC)NCCNc1nccc(C(F)(F)F)n1. The molecule has 0 aliphatic heterocycles. The molecule has 0 aliphatic rings. The molecule has 136 valence electrons. The largest absolute Gasteiger partial charge is 0.433 e. The Balaban J connectivity index is 2.27. The monoisotopic (exact) mass is 346 g/mol. The summed E-state index contributed by atoms with van der Waals surface area (Å²) in [7, 11) is 1.67. The Morgan fingerprint density at radius 1 is 1.12 bits per heavy atom. The second kappa shape index (κ2) is 10.7. The Kier molecular flexibility index (Phi) is 8.88. The molecule has 0 fully saturated rings. The van der Waals surface area contributed by atoms with Gasteiger partial charge in [0.1, 0.15) is 5.69 Å². The fourth-order valence-corrected chi connectivity index (χ4v) is 1.94. The number of aromatic nitrogens is 2. The van der Waals surface area contributed by atoms with Crippen LogP contribution in [0.25, 0.3) is 0 Å². The molecule has 3 N–H and O–H groups in total. The molecule has 24 heavy (non-hydrogen) atoms. The summed E-state index contributed by atoms with van der Waals surface area (Å²) < 4.78 is 37.6. The molecule has 1 rings (SSSR count). The molecule has 1 heterocycles. The Bertz CT molecular complexity index is 504. The van der Waals surface area contributed by atoms with Crippen molar-refractivity contribution < 1.29 is 13.2 Å². The first kappa shape index (κ1) is 20.0. The van der Waals surface area contributed by atoms with Gasteiger partial charge in [-0.2, -0.15) is 13.2 Å². The van der Waals surface area contributed by atoms with Gasteiger partial charge in [-0.05, 0) is 12.5 Å². The smallest absolute Gasteiger partial charge is 0.356 e. The average molecular weight is 346 g/mol. The summed E-state index contributed by atoms with van der Waals surface area (Å²) in [6, 6.07) is 0.841. The van der Waals surface area contributed by atoms with Crippen LogP contribution in [0.2, 0.25) is 0 Å². The lowest BCUT2D eigenvalue weighted by atomic mass is 10.2. The van der Waals surface area contributed by atoms with E-state index in [2.05, 4.69) is 37.8 Å². The maximum absolute atomic E-state index is 12.5. The van der Waals surface area contributed by atoms with Gasteiger partial charge in [0.25, 0.3) is 0 Å². The molecule has 0 unspecified atom stereocenters. The highest BCUT2D eigenvalue weighted by Crippen LogP contribution is 2.27. The van der Waals surface area contributed by atoms with Gasteiger partial charge in [0, 0.05) is 32.9 Å². The lowest BCUT2D eigenvalue weighted by molar-refractivity contribution is -0.141. The third-order valence-electron chi connectivity index (χ3n) is 3.19. The van der Waals surface area contributed by atoms with Gasteiger partial charge >= 0.3 is 6.18 Å². The Labute approximate surface area is 140 Å². The molecular weight excluding hydrogens is 321 g/mol. The molecule has 0 radical (unpaired) electrons. The van der Waals surface area contributed by atoms with Gasteiger partial charge in [0.05, 0.1) is 0 Å². The lowest BCUT2D eigenvalue weighted by Crippen LogP contribution is -2.40. The average Bonchev–Trinajstić information content (AvgIpc) is 2.56. The number of alkyl halides is 3. The number of nitrogens with zero attached hydrogens (tertiary/aromatic N) is 3. The zero-order valence-electron chi connectivity index (χ0n) is 14.1. The van der Waals surface area contributed by atoms with E-state index in [4.69, 9.17) is 0 Å². The van der Waals surface area contributed by atoms with E-state index < -0.39 is 11.9 Å². The molecule has 0 saturated heterocycles. The predicted molar refractivity (Wildman–Crippen MR) is 89.0 cm³/mol. The quantitative estimate of drug-likeness (QED) is 0.364. The van der Waals surface area contributed by atoms with Crippen LogP contribution in [-0.2, 0) is 6.18 Å². The summed E-state index contributed by atoms with van der Waals surface area (Å²) in [5, 5.41) is 9.01. The molecule has 6 nitrogen and oxygen atoms in total. The van der Waals surface area contributed by atoms with Crippen molar-refractivity contribution in [3.63, 3.8) is 0 Å². The highest BCUT2D eigenvalue weighted by Gasteiger charge is 2.32. The number of unbranched alkanes of at least 4 members (excludes halogenated alkanes) is 3. The van der Waals surface area contributed by atoms with E-state index in [1.807, 2.05) is 0 Å². The van der Waals surface area contributed by atoms with Crippen LogP contribution in [-0.4, -0.2) is 42.6 Å². The van der Waals surface area contributed by atoms with Crippen molar-refractivity contribution >= 4 is 11.9 Å². The van der Waals surface area contributed by atoms with Crippen LogP contribution >= 0.6 is 0 Å². The van der Waals surface area contributed by atoms with E-state index in [0.717, 1.165) is 25.2 Å². The number of anilines is 1. The molecule has 0 aliphatic carbocycles. The molecule has 1 aromatic heterocycles. The van der Waals surface area contributed by atoms with E-state index in [9.17, 15) is 13.2 Å². The Morgan fingerprint density at radius 3 is 2.54 bits per heavy atom. The first-order valence-corrected chi connectivity index (χ1v) is 8.06. The van der Waals surface area contributed by atoms with Crippen molar-refractivity contribution in [1.29, 1.82) is 0 Å². The maximum Gasteiger partial charge on any atom is 0.433 e. The van der Waals surface area contributed by atoms with Crippen molar-refractivity contribution in [2.75, 3.05) is 32.0 Å². The minimum Gasteiger partial charge on any atom is -0.356 e. The second-order valence-corrected chi connectivity index (χ2v) is 5.18. The highest BCUT2D eigenvalue weighted by molar-refractivity contribution is 5.79. The second-order valence-electron chi connectivity index (χ2n) is 5.18. The lowest BCUT2D eigenvalue weighted by Gasteiger charge is -2.12. The number of nitrogens with one attached hydrogen (secondary N) is 3. The molecule has 0 atom stereocenters. The van der Waals surface area contributed by atoms with E-state index in [0.29, 0.717) is 19.0 Å². The van der Waals surface area contributed by atoms with Crippen LogP contribution < -0.4 is 16.0 Å². The molecule has 1 aromatic rings. The number of guanidine groups is 1. The third-order valence-corrected chi connectivity index (χ3v) is 3.19. The van der Waals surface area contributed by atoms with Crippen molar-refractivity contribution in [1.82, 2.24) is 20.6 Å². The van der Waals surface area contributed by atoms with Crippen molar-refractivity contribution in [2.45, 2.75) is 38.8 Å². The van der Waals surface area contributed by atoms with E-state index >= 15 is 0 Å². The number of aliphatic imine (C=N–C) groups is 1. The van der Waals surface area contributed by atoms with Crippen LogP contribution in [0.15, 0.2) is 17.3 Å². The number of hydrogen-bond acceptors (Lipinski definition) is 4. The van der Waals surface area contributed by atoms with Crippen LogP contribution in [0.1, 0.15) is 38.3 Å². The predicted octanol–water partition coefficient (Wildman–Crippen LogP) is 2.65. The molecule has 0 spiro atoms. The zero-order valence-corrected chi connectivity index (χ0v) is 14.1. The van der Waals surface area contributed by atoms with E-state index in [1.165, 1.54) is 19.3 Å². The molecular formula is C15H25F3N6. The maximum atomic E-state index is 12.5. The molecule has 0 amide bonds. The Hall–Kier alpha value is -2.06. The highest BCUT2D eigenvalue weighted by atomic mass is 19.4. The van der Waals surface area contributed by atoms with Gasteiger partial charge < -0.3 is 16.0 Å².